The highest BCUT2D eigenvalue weighted by molar-refractivity contribution is 5.88. The number of hydrogen-bond donors (Lipinski definition) is 2. The molecule has 0 rings (SSSR count). The summed E-state index contributed by atoms with van der Waals surface area (Å²) < 4.78 is 52.8. The molecular weight excluding hydrogens is 248 g/mol. The lowest BCUT2D eigenvalue weighted by Gasteiger charge is -2.14. The number of halogens is 4. The highest BCUT2D eigenvalue weighted by atomic mass is 19.3. The van der Waals surface area contributed by atoms with E-state index in [1.807, 2.05) is 0 Å². The molecule has 5 nitrogen and oxygen atoms in total. The zero-order chi connectivity index (χ0) is 13.5. The van der Waals surface area contributed by atoms with Gasteiger partial charge in [-0.3, -0.25) is 9.59 Å². The van der Waals surface area contributed by atoms with Crippen LogP contribution in [0.4, 0.5) is 17.6 Å². The average Bonchev–Trinajstić information content (AvgIpc) is 2.25. The van der Waals surface area contributed by atoms with Gasteiger partial charge in [0, 0.05) is 13.7 Å². The lowest BCUT2D eigenvalue weighted by Crippen LogP contribution is -2.48. The lowest BCUT2D eigenvalue weighted by atomic mass is 10.3. The molecule has 0 aliphatic rings. The number of methoxy groups -OCH3 is 1. The molecule has 0 saturated heterocycles. The Balaban J connectivity index is 3.96. The normalized spacial score (nSPS) is 11.4. The van der Waals surface area contributed by atoms with Gasteiger partial charge >= 0.3 is 12.3 Å². The molecular formula is C8H12F4N2O3. The highest BCUT2D eigenvalue weighted by Gasteiger charge is 2.48. The van der Waals surface area contributed by atoms with Crippen molar-refractivity contribution in [3.05, 3.63) is 0 Å². The van der Waals surface area contributed by atoms with Crippen LogP contribution in [0.3, 0.4) is 0 Å². The minimum absolute atomic E-state index is 0.121. The second kappa shape index (κ2) is 7.05. The summed E-state index contributed by atoms with van der Waals surface area (Å²) in [5, 5.41) is 3.62. The predicted octanol–water partition coefficient (Wildman–Crippen LogP) is -0.234. The van der Waals surface area contributed by atoms with Gasteiger partial charge in [-0.05, 0) is 0 Å². The Hall–Kier alpha value is -1.38. The fourth-order valence-electron chi connectivity index (χ4n) is 0.733. The molecule has 2 amide bonds. The molecule has 0 heterocycles. The van der Waals surface area contributed by atoms with Crippen LogP contribution in [0.1, 0.15) is 0 Å². The summed E-state index contributed by atoms with van der Waals surface area (Å²) in [7, 11) is 1.39. The minimum Gasteiger partial charge on any atom is -0.383 e. The van der Waals surface area contributed by atoms with Crippen molar-refractivity contribution in [2.75, 3.05) is 26.8 Å². The molecule has 0 aliphatic heterocycles. The van der Waals surface area contributed by atoms with E-state index < -0.39 is 30.7 Å². The van der Waals surface area contributed by atoms with Crippen LogP contribution >= 0.6 is 0 Å². The lowest BCUT2D eigenvalue weighted by molar-refractivity contribution is -0.169. The monoisotopic (exact) mass is 260 g/mol. The van der Waals surface area contributed by atoms with Crippen molar-refractivity contribution in [2.45, 2.75) is 12.3 Å². The number of carbonyl (C=O) groups is 2. The molecule has 9 heteroatoms. The van der Waals surface area contributed by atoms with Crippen LogP contribution in [-0.2, 0) is 14.3 Å². The summed E-state index contributed by atoms with van der Waals surface area (Å²) in [6, 6.07) is 0. The third kappa shape index (κ3) is 5.48. The molecule has 0 aromatic heterocycles. The summed E-state index contributed by atoms with van der Waals surface area (Å²) in [6.45, 7) is -0.478. The Kier molecular flexibility index (Phi) is 6.47. The molecule has 0 atom stereocenters. The fourth-order valence-corrected chi connectivity index (χ4v) is 0.733. The second-order valence-electron chi connectivity index (χ2n) is 2.95. The van der Waals surface area contributed by atoms with Crippen LogP contribution < -0.4 is 10.6 Å². The van der Waals surface area contributed by atoms with Crippen molar-refractivity contribution in [1.82, 2.24) is 10.6 Å². The topological polar surface area (TPSA) is 67.4 Å². The number of rotatable bonds is 7. The maximum atomic E-state index is 12.4. The standard InChI is InChI=1S/C8H12F4N2O3/c1-17-3-2-13-5(15)4-14-7(16)8(11,12)6(9)10/h6H,2-4H2,1H3,(H,13,15)(H,14,16). The van der Waals surface area contributed by atoms with Crippen LogP contribution in [0.25, 0.3) is 0 Å². The average molecular weight is 260 g/mol. The minimum atomic E-state index is -4.80. The number of ether oxygens (including phenoxy) is 1. The van der Waals surface area contributed by atoms with E-state index in [9.17, 15) is 27.2 Å². The summed E-state index contributed by atoms with van der Waals surface area (Å²) in [5.41, 5.74) is 0. The van der Waals surface area contributed by atoms with Crippen molar-refractivity contribution >= 4 is 11.8 Å². The third-order valence-electron chi connectivity index (χ3n) is 1.61. The smallest absolute Gasteiger partial charge is 0.383 e. The van der Waals surface area contributed by atoms with Crippen LogP contribution in [0, 0.1) is 0 Å². The van der Waals surface area contributed by atoms with Crippen molar-refractivity contribution < 1.29 is 31.9 Å². The zero-order valence-corrected chi connectivity index (χ0v) is 8.94. The first-order chi connectivity index (χ1) is 7.82. The molecule has 0 aromatic carbocycles. The van der Waals surface area contributed by atoms with Crippen molar-refractivity contribution in [3.63, 3.8) is 0 Å². The van der Waals surface area contributed by atoms with E-state index in [2.05, 4.69) is 10.1 Å². The predicted molar refractivity (Wildman–Crippen MR) is 48.8 cm³/mol. The van der Waals surface area contributed by atoms with Crippen LogP contribution in [0.2, 0.25) is 0 Å². The van der Waals surface area contributed by atoms with Crippen molar-refractivity contribution in [3.8, 4) is 0 Å². The summed E-state index contributed by atoms with van der Waals surface area (Å²) in [5.74, 6) is -7.76. The van der Waals surface area contributed by atoms with Gasteiger partial charge in [0.05, 0.1) is 13.2 Å². The maximum absolute atomic E-state index is 12.4. The van der Waals surface area contributed by atoms with Gasteiger partial charge in [0.2, 0.25) is 5.91 Å². The van der Waals surface area contributed by atoms with Gasteiger partial charge in [0.1, 0.15) is 0 Å². The Morgan fingerprint density at radius 1 is 1.29 bits per heavy atom. The highest BCUT2D eigenvalue weighted by Crippen LogP contribution is 2.22. The van der Waals surface area contributed by atoms with E-state index in [1.165, 1.54) is 12.4 Å². The SMILES string of the molecule is COCCNC(=O)CNC(=O)C(F)(F)C(F)F. The van der Waals surface area contributed by atoms with E-state index >= 15 is 0 Å². The van der Waals surface area contributed by atoms with E-state index in [-0.39, 0.29) is 13.2 Å². The Labute approximate surface area is 94.5 Å². The molecule has 0 saturated carbocycles. The quantitative estimate of drug-likeness (QED) is 0.490. The molecule has 0 bridgehead atoms. The van der Waals surface area contributed by atoms with Gasteiger partial charge in [-0.25, -0.2) is 8.78 Å². The molecule has 0 radical (unpaired) electrons. The first kappa shape index (κ1) is 15.6. The number of amides is 2. The number of nitrogens with one attached hydrogen (secondary N) is 2. The molecule has 0 unspecified atom stereocenters. The van der Waals surface area contributed by atoms with Crippen LogP contribution in [-0.4, -0.2) is 51.0 Å². The maximum Gasteiger partial charge on any atom is 0.383 e. The van der Waals surface area contributed by atoms with Gasteiger partial charge in [-0.2, -0.15) is 8.78 Å². The van der Waals surface area contributed by atoms with Gasteiger partial charge in [-0.1, -0.05) is 0 Å². The Bertz CT molecular complexity index is 273. The fraction of sp³-hybridized carbons (Fsp3) is 0.750. The Morgan fingerprint density at radius 2 is 1.88 bits per heavy atom. The summed E-state index contributed by atoms with van der Waals surface area (Å²) in [4.78, 5) is 21.5. The summed E-state index contributed by atoms with van der Waals surface area (Å²) in [6.07, 6.45) is -4.11. The van der Waals surface area contributed by atoms with Crippen LogP contribution in [0.5, 0.6) is 0 Å². The van der Waals surface area contributed by atoms with E-state index in [4.69, 9.17) is 0 Å². The van der Waals surface area contributed by atoms with E-state index in [1.54, 1.807) is 0 Å². The molecule has 100 valence electrons. The number of hydrogen-bond acceptors (Lipinski definition) is 3. The largest absolute Gasteiger partial charge is 0.383 e. The molecule has 0 spiro atoms. The first-order valence-corrected chi connectivity index (χ1v) is 4.52. The van der Waals surface area contributed by atoms with Gasteiger partial charge in [0.25, 0.3) is 5.91 Å². The Morgan fingerprint density at radius 3 is 2.35 bits per heavy atom. The molecule has 17 heavy (non-hydrogen) atoms. The van der Waals surface area contributed by atoms with E-state index in [0.29, 0.717) is 0 Å². The molecule has 0 fully saturated rings. The first-order valence-electron chi connectivity index (χ1n) is 4.52. The number of alkyl halides is 4. The van der Waals surface area contributed by atoms with Gasteiger partial charge < -0.3 is 15.4 Å². The van der Waals surface area contributed by atoms with Crippen molar-refractivity contribution in [1.29, 1.82) is 0 Å². The van der Waals surface area contributed by atoms with E-state index in [0.717, 1.165) is 0 Å². The third-order valence-corrected chi connectivity index (χ3v) is 1.61. The van der Waals surface area contributed by atoms with Crippen LogP contribution in [0.15, 0.2) is 0 Å². The summed E-state index contributed by atoms with van der Waals surface area (Å²) >= 11 is 0. The molecule has 0 aliphatic carbocycles. The zero-order valence-electron chi connectivity index (χ0n) is 8.94. The van der Waals surface area contributed by atoms with Crippen molar-refractivity contribution in [2.24, 2.45) is 0 Å². The number of carbonyl (C=O) groups excluding carboxylic acids is 2. The van der Waals surface area contributed by atoms with Gasteiger partial charge in [0.15, 0.2) is 0 Å². The molecule has 0 aromatic rings. The van der Waals surface area contributed by atoms with Gasteiger partial charge in [-0.15, -0.1) is 0 Å². The molecule has 2 N–H and O–H groups in total. The second-order valence-corrected chi connectivity index (χ2v) is 2.95.